The van der Waals surface area contributed by atoms with Gasteiger partial charge in [-0.15, -0.1) is 0 Å². The molecule has 4 rings (SSSR count). The molecule has 0 spiro atoms. The number of benzene rings is 2. The molecule has 0 saturated heterocycles. The van der Waals surface area contributed by atoms with Crippen LogP contribution in [0.3, 0.4) is 0 Å². The van der Waals surface area contributed by atoms with Crippen LogP contribution in [0.5, 0.6) is 11.5 Å². The van der Waals surface area contributed by atoms with E-state index in [9.17, 15) is 9.59 Å². The highest BCUT2D eigenvalue weighted by Crippen LogP contribution is 2.33. The summed E-state index contributed by atoms with van der Waals surface area (Å²) < 4.78 is 16.1. The molecule has 3 aromatic rings. The third-order valence-corrected chi connectivity index (χ3v) is 6.25. The van der Waals surface area contributed by atoms with Crippen LogP contribution in [-0.2, 0) is 24.2 Å². The second-order valence-electron chi connectivity index (χ2n) is 10.7. The topological polar surface area (TPSA) is 115 Å². The van der Waals surface area contributed by atoms with Gasteiger partial charge >= 0.3 is 6.09 Å². The number of aromatic nitrogens is 2. The molecule has 2 amide bonds. The Morgan fingerprint density at radius 1 is 1.07 bits per heavy atom. The lowest BCUT2D eigenvalue weighted by atomic mass is 10.1. The van der Waals surface area contributed by atoms with Crippen LogP contribution in [0.2, 0.25) is 0 Å². The summed E-state index contributed by atoms with van der Waals surface area (Å²) in [4.78, 5) is 36.8. The molecule has 10 heteroatoms. The number of nitrogens with zero attached hydrogens (tertiary/aromatic N) is 3. The Morgan fingerprint density at radius 3 is 2.58 bits per heavy atom. The first-order valence-corrected chi connectivity index (χ1v) is 13.3. The second kappa shape index (κ2) is 12.2. The summed E-state index contributed by atoms with van der Waals surface area (Å²) in [6.45, 7) is 8.58. The molecule has 2 heterocycles. The molecule has 0 bridgehead atoms. The molecule has 1 aliphatic heterocycles. The van der Waals surface area contributed by atoms with Crippen LogP contribution in [0.4, 0.5) is 16.3 Å². The van der Waals surface area contributed by atoms with Gasteiger partial charge in [-0.05, 0) is 63.9 Å². The first kappa shape index (κ1) is 28.7. The average molecular weight is 548 g/mol. The first-order valence-electron chi connectivity index (χ1n) is 13.3. The van der Waals surface area contributed by atoms with E-state index in [2.05, 4.69) is 10.6 Å². The lowest BCUT2D eigenvalue weighted by molar-refractivity contribution is 0.0527. The summed E-state index contributed by atoms with van der Waals surface area (Å²) in [5, 5.41) is 6.11. The van der Waals surface area contributed by atoms with E-state index in [1.54, 1.807) is 25.2 Å². The molecule has 1 aliphatic rings. The van der Waals surface area contributed by atoms with Crippen molar-refractivity contribution in [2.75, 3.05) is 26.1 Å². The Labute approximate surface area is 235 Å². The Morgan fingerprint density at radius 2 is 1.88 bits per heavy atom. The van der Waals surface area contributed by atoms with Crippen molar-refractivity contribution in [3.63, 3.8) is 0 Å². The minimum Gasteiger partial charge on any atom is -0.497 e. The Bertz CT molecular complexity index is 1390. The normalized spacial score (nSPS) is 12.7. The molecule has 0 unspecified atom stereocenters. The van der Waals surface area contributed by atoms with E-state index in [0.717, 1.165) is 16.8 Å². The number of hydrogen-bond acceptors (Lipinski definition) is 8. The maximum atomic E-state index is 13.6. The highest BCUT2D eigenvalue weighted by molar-refractivity contribution is 6.02. The van der Waals surface area contributed by atoms with E-state index in [1.165, 1.54) is 0 Å². The monoisotopic (exact) mass is 547 g/mol. The molecule has 0 aliphatic carbocycles. The third-order valence-electron chi connectivity index (χ3n) is 6.25. The van der Waals surface area contributed by atoms with E-state index in [4.69, 9.17) is 24.2 Å². The summed E-state index contributed by atoms with van der Waals surface area (Å²) >= 11 is 0. The van der Waals surface area contributed by atoms with E-state index in [1.807, 2.05) is 64.1 Å². The summed E-state index contributed by atoms with van der Waals surface area (Å²) in [7, 11) is 3.19. The van der Waals surface area contributed by atoms with Gasteiger partial charge in [-0.2, -0.15) is 0 Å². The van der Waals surface area contributed by atoms with Crippen molar-refractivity contribution in [2.24, 2.45) is 0 Å². The highest BCUT2D eigenvalue weighted by Gasteiger charge is 2.33. The lowest BCUT2D eigenvalue weighted by Crippen LogP contribution is -2.33. The molecule has 40 heavy (non-hydrogen) atoms. The Balaban J connectivity index is 1.55. The van der Waals surface area contributed by atoms with E-state index >= 15 is 0 Å². The number of ether oxygens (including phenoxy) is 3. The molecule has 1 aromatic heterocycles. The van der Waals surface area contributed by atoms with Gasteiger partial charge in [0, 0.05) is 30.3 Å². The minimum absolute atomic E-state index is 0.152. The summed E-state index contributed by atoms with van der Waals surface area (Å²) in [5.74, 6) is 2.24. The molecule has 0 radical (unpaired) electrons. The quantitative estimate of drug-likeness (QED) is 0.335. The predicted molar refractivity (Wildman–Crippen MR) is 152 cm³/mol. The zero-order valence-corrected chi connectivity index (χ0v) is 24.0. The fourth-order valence-corrected chi connectivity index (χ4v) is 4.44. The molecular formula is C30H37N5O5. The smallest absolute Gasteiger partial charge is 0.407 e. The van der Waals surface area contributed by atoms with Gasteiger partial charge in [0.05, 0.1) is 33.0 Å². The molecule has 10 nitrogen and oxygen atoms in total. The van der Waals surface area contributed by atoms with Crippen LogP contribution in [0.1, 0.15) is 60.2 Å². The second-order valence-corrected chi connectivity index (χ2v) is 10.7. The van der Waals surface area contributed by atoms with Crippen LogP contribution in [0.25, 0.3) is 0 Å². The number of hydrogen-bond donors (Lipinski definition) is 2. The number of carbonyl (C=O) groups excluding carboxylic acids is 2. The van der Waals surface area contributed by atoms with E-state index in [0.29, 0.717) is 66.9 Å². The number of amides is 2. The van der Waals surface area contributed by atoms with E-state index < -0.39 is 11.7 Å². The standard InChI is InChI=1S/C30H37N5O5/c1-19-9-7-10-21(15-19)32-27-26-23(33-25(34-27)11-8-14-31-29(37)40-30(2,3)4)18-35(28(26)36)17-20-12-13-22(38-5)16-24(20)39-6/h7,9-10,12-13,15-16H,8,11,14,17-18H2,1-6H3,(H,31,37)(H,32,33,34). The van der Waals surface area contributed by atoms with Gasteiger partial charge < -0.3 is 29.7 Å². The summed E-state index contributed by atoms with van der Waals surface area (Å²) in [6, 6.07) is 13.4. The van der Waals surface area contributed by atoms with Crippen molar-refractivity contribution in [3.8, 4) is 11.5 Å². The van der Waals surface area contributed by atoms with Gasteiger partial charge in [0.2, 0.25) is 0 Å². The number of rotatable bonds is 10. The van der Waals surface area contributed by atoms with Crippen LogP contribution in [0.15, 0.2) is 42.5 Å². The Kier molecular flexibility index (Phi) is 8.77. The van der Waals surface area contributed by atoms with Gasteiger partial charge in [-0.1, -0.05) is 12.1 Å². The largest absolute Gasteiger partial charge is 0.497 e. The number of aryl methyl sites for hydroxylation is 2. The maximum Gasteiger partial charge on any atom is 0.407 e. The highest BCUT2D eigenvalue weighted by atomic mass is 16.6. The zero-order valence-electron chi connectivity index (χ0n) is 24.0. The first-order chi connectivity index (χ1) is 19.1. The number of fused-ring (bicyclic) bond motifs is 1. The number of nitrogens with one attached hydrogen (secondary N) is 2. The minimum atomic E-state index is -0.558. The summed E-state index contributed by atoms with van der Waals surface area (Å²) in [6.07, 6.45) is 0.675. The molecule has 0 atom stereocenters. The molecule has 0 saturated carbocycles. The lowest BCUT2D eigenvalue weighted by Gasteiger charge is -2.19. The van der Waals surface area contributed by atoms with Crippen molar-refractivity contribution >= 4 is 23.5 Å². The molecule has 2 N–H and O–H groups in total. The number of anilines is 2. The SMILES string of the molecule is COc1ccc(CN2Cc3nc(CCCNC(=O)OC(C)(C)C)nc(Nc4cccc(C)c4)c3C2=O)c(OC)c1. The molecular weight excluding hydrogens is 510 g/mol. The van der Waals surface area contributed by atoms with Crippen molar-refractivity contribution in [1.29, 1.82) is 0 Å². The van der Waals surface area contributed by atoms with Gasteiger partial charge in [-0.25, -0.2) is 14.8 Å². The number of methoxy groups -OCH3 is 2. The van der Waals surface area contributed by atoms with Crippen LogP contribution >= 0.6 is 0 Å². The van der Waals surface area contributed by atoms with Gasteiger partial charge in [0.1, 0.15) is 34.3 Å². The zero-order chi connectivity index (χ0) is 28.9. The van der Waals surface area contributed by atoms with Crippen molar-refractivity contribution in [1.82, 2.24) is 20.2 Å². The van der Waals surface area contributed by atoms with Gasteiger partial charge in [0.25, 0.3) is 5.91 Å². The average Bonchev–Trinajstić information content (AvgIpc) is 3.20. The molecule has 0 fully saturated rings. The van der Waals surface area contributed by atoms with Crippen molar-refractivity contribution in [3.05, 3.63) is 70.7 Å². The number of carbonyl (C=O) groups is 2. The number of alkyl carbamates (subject to hydrolysis) is 1. The molecule has 2 aromatic carbocycles. The van der Waals surface area contributed by atoms with Crippen LogP contribution < -0.4 is 20.1 Å². The van der Waals surface area contributed by atoms with Crippen molar-refractivity contribution in [2.45, 2.75) is 59.2 Å². The van der Waals surface area contributed by atoms with Crippen LogP contribution in [0, 0.1) is 6.92 Å². The van der Waals surface area contributed by atoms with Gasteiger partial charge in [0.15, 0.2) is 0 Å². The fourth-order valence-electron chi connectivity index (χ4n) is 4.44. The van der Waals surface area contributed by atoms with Gasteiger partial charge in [-0.3, -0.25) is 4.79 Å². The van der Waals surface area contributed by atoms with E-state index in [-0.39, 0.29) is 5.91 Å². The fraction of sp³-hybridized carbons (Fsp3) is 0.400. The summed E-state index contributed by atoms with van der Waals surface area (Å²) in [5.41, 5.74) is 3.35. The van der Waals surface area contributed by atoms with Crippen LogP contribution in [-0.4, -0.2) is 53.2 Å². The van der Waals surface area contributed by atoms with Crippen molar-refractivity contribution < 1.29 is 23.8 Å². The maximum absolute atomic E-state index is 13.6. The third kappa shape index (κ3) is 7.19. The Hall–Kier alpha value is -4.34. The predicted octanol–water partition coefficient (Wildman–Crippen LogP) is 5.16. The molecule has 212 valence electrons.